The molecule has 23 heavy (non-hydrogen) atoms. The van der Waals surface area contributed by atoms with Gasteiger partial charge in [-0.1, -0.05) is 6.07 Å². The van der Waals surface area contributed by atoms with Crippen molar-refractivity contribution >= 4 is 16.7 Å². The number of non-ortho nitro benzene ring substituents is 1. The highest BCUT2D eigenvalue weighted by Gasteiger charge is 2.14. The van der Waals surface area contributed by atoms with Gasteiger partial charge in [0.05, 0.1) is 4.92 Å². The maximum absolute atomic E-state index is 10.8. The number of nitro groups is 1. The van der Waals surface area contributed by atoms with Gasteiger partial charge in [0.25, 0.3) is 5.69 Å². The van der Waals surface area contributed by atoms with Crippen molar-refractivity contribution in [2.75, 3.05) is 6.61 Å². The SMILES string of the molecule is Cc1cc(CCO)cc(-n2nc3ccc([N+](=O)[O-])cc3n2)c1O. The molecule has 8 nitrogen and oxygen atoms in total. The molecule has 1 aromatic heterocycles. The fourth-order valence-corrected chi connectivity index (χ4v) is 2.38. The number of aliphatic hydroxyl groups excluding tert-OH is 1. The number of rotatable bonds is 4. The average molecular weight is 314 g/mol. The second-order valence-electron chi connectivity index (χ2n) is 5.17. The van der Waals surface area contributed by atoms with E-state index in [1.807, 2.05) is 0 Å². The third kappa shape index (κ3) is 2.71. The van der Waals surface area contributed by atoms with Gasteiger partial charge in [-0.05, 0) is 36.6 Å². The van der Waals surface area contributed by atoms with Crippen molar-refractivity contribution in [2.24, 2.45) is 0 Å². The Morgan fingerprint density at radius 1 is 1.22 bits per heavy atom. The lowest BCUT2D eigenvalue weighted by Crippen LogP contribution is -2.02. The van der Waals surface area contributed by atoms with Crippen LogP contribution in [0.15, 0.2) is 30.3 Å². The van der Waals surface area contributed by atoms with Crippen molar-refractivity contribution in [3.05, 3.63) is 51.6 Å². The number of phenolic OH excluding ortho intramolecular Hbond substituents is 1. The first-order valence-corrected chi connectivity index (χ1v) is 6.95. The van der Waals surface area contributed by atoms with E-state index in [9.17, 15) is 15.2 Å². The van der Waals surface area contributed by atoms with Crippen LogP contribution >= 0.6 is 0 Å². The topological polar surface area (TPSA) is 114 Å². The molecule has 0 atom stereocenters. The molecule has 0 aliphatic heterocycles. The van der Waals surface area contributed by atoms with Crippen LogP contribution in [0.2, 0.25) is 0 Å². The van der Waals surface area contributed by atoms with Gasteiger partial charge in [-0.15, -0.1) is 15.0 Å². The van der Waals surface area contributed by atoms with E-state index < -0.39 is 4.92 Å². The molecular formula is C15H14N4O4. The summed E-state index contributed by atoms with van der Waals surface area (Å²) in [6, 6.07) is 7.67. The Hall–Kier alpha value is -3.00. The number of hydrogen-bond donors (Lipinski definition) is 2. The Balaban J connectivity index is 2.14. The number of aromatic nitrogens is 3. The summed E-state index contributed by atoms with van der Waals surface area (Å²) in [5, 5.41) is 38.6. The first-order valence-electron chi connectivity index (χ1n) is 6.95. The Bertz CT molecular complexity index is 904. The minimum Gasteiger partial charge on any atom is -0.505 e. The molecule has 0 spiro atoms. The maximum atomic E-state index is 10.8. The predicted molar refractivity (Wildman–Crippen MR) is 82.7 cm³/mol. The zero-order valence-electron chi connectivity index (χ0n) is 12.3. The Morgan fingerprint density at radius 3 is 2.65 bits per heavy atom. The fraction of sp³-hybridized carbons (Fsp3) is 0.200. The van der Waals surface area contributed by atoms with E-state index in [2.05, 4.69) is 10.2 Å². The van der Waals surface area contributed by atoms with Gasteiger partial charge in [-0.2, -0.15) is 0 Å². The summed E-state index contributed by atoms with van der Waals surface area (Å²) in [5.74, 6) is 0.0292. The van der Waals surface area contributed by atoms with Crippen LogP contribution in [0.3, 0.4) is 0 Å². The summed E-state index contributed by atoms with van der Waals surface area (Å²) in [5.41, 5.74) is 2.62. The van der Waals surface area contributed by atoms with E-state index in [-0.39, 0.29) is 18.0 Å². The number of aryl methyl sites for hydroxylation is 1. The summed E-state index contributed by atoms with van der Waals surface area (Å²) < 4.78 is 0. The van der Waals surface area contributed by atoms with Gasteiger partial charge in [0.2, 0.25) is 0 Å². The second kappa shape index (κ2) is 5.65. The first kappa shape index (κ1) is 14.9. The van der Waals surface area contributed by atoms with Crippen LogP contribution in [0.1, 0.15) is 11.1 Å². The van der Waals surface area contributed by atoms with Crippen LogP contribution in [0, 0.1) is 17.0 Å². The second-order valence-corrected chi connectivity index (χ2v) is 5.17. The number of benzene rings is 2. The number of hydrogen-bond acceptors (Lipinski definition) is 6. The lowest BCUT2D eigenvalue weighted by atomic mass is 10.1. The van der Waals surface area contributed by atoms with Gasteiger partial charge >= 0.3 is 0 Å². The quantitative estimate of drug-likeness (QED) is 0.561. The summed E-state index contributed by atoms with van der Waals surface area (Å²) in [4.78, 5) is 11.6. The Kier molecular flexibility index (Phi) is 3.67. The van der Waals surface area contributed by atoms with Crippen LogP contribution in [-0.2, 0) is 6.42 Å². The molecule has 0 amide bonds. The number of nitrogens with zero attached hydrogens (tertiary/aromatic N) is 4. The molecule has 0 aliphatic rings. The standard InChI is InChI=1S/C15H14N4O4/c1-9-6-10(4-5-20)7-14(15(9)21)18-16-12-3-2-11(19(22)23)8-13(12)17-18/h2-3,6-8,20-21H,4-5H2,1H3. The highest BCUT2D eigenvalue weighted by molar-refractivity contribution is 5.77. The minimum atomic E-state index is -0.498. The van der Waals surface area contributed by atoms with Gasteiger partial charge in [-0.3, -0.25) is 10.1 Å². The molecule has 0 fully saturated rings. The summed E-state index contributed by atoms with van der Waals surface area (Å²) >= 11 is 0. The summed E-state index contributed by atoms with van der Waals surface area (Å²) in [6.07, 6.45) is 0.445. The molecule has 2 N–H and O–H groups in total. The molecule has 0 saturated carbocycles. The van der Waals surface area contributed by atoms with E-state index >= 15 is 0 Å². The van der Waals surface area contributed by atoms with E-state index in [1.54, 1.807) is 19.1 Å². The molecule has 2 aromatic carbocycles. The molecule has 0 bridgehead atoms. The number of nitro benzene ring substituents is 1. The number of fused-ring (bicyclic) bond motifs is 1. The third-order valence-electron chi connectivity index (χ3n) is 3.53. The monoisotopic (exact) mass is 314 g/mol. The van der Waals surface area contributed by atoms with E-state index in [1.165, 1.54) is 23.0 Å². The lowest BCUT2D eigenvalue weighted by Gasteiger charge is -2.09. The van der Waals surface area contributed by atoms with Crippen molar-refractivity contribution in [3.63, 3.8) is 0 Å². The highest BCUT2D eigenvalue weighted by Crippen LogP contribution is 2.28. The number of phenols is 1. The van der Waals surface area contributed by atoms with Crippen molar-refractivity contribution in [1.82, 2.24) is 15.0 Å². The molecular weight excluding hydrogens is 300 g/mol. The molecule has 1 heterocycles. The molecule has 118 valence electrons. The average Bonchev–Trinajstić information content (AvgIpc) is 2.93. The van der Waals surface area contributed by atoms with Crippen LogP contribution < -0.4 is 0 Å². The minimum absolute atomic E-state index is 0.00956. The van der Waals surface area contributed by atoms with E-state index in [4.69, 9.17) is 5.11 Å². The molecule has 0 saturated heterocycles. The summed E-state index contributed by atoms with van der Waals surface area (Å²) in [6.45, 7) is 1.73. The Labute approximate surface area is 130 Å². The Morgan fingerprint density at radius 2 is 1.96 bits per heavy atom. The van der Waals surface area contributed by atoms with Gasteiger partial charge < -0.3 is 10.2 Å². The van der Waals surface area contributed by atoms with Crippen LogP contribution in [0.5, 0.6) is 5.75 Å². The van der Waals surface area contributed by atoms with Gasteiger partial charge in [0.1, 0.15) is 22.5 Å². The lowest BCUT2D eigenvalue weighted by molar-refractivity contribution is -0.384. The molecule has 0 unspecified atom stereocenters. The van der Waals surface area contributed by atoms with Crippen molar-refractivity contribution in [1.29, 1.82) is 0 Å². The third-order valence-corrected chi connectivity index (χ3v) is 3.53. The van der Waals surface area contributed by atoms with Gasteiger partial charge in [0, 0.05) is 18.7 Å². The van der Waals surface area contributed by atoms with Gasteiger partial charge in [-0.25, -0.2) is 0 Å². The zero-order valence-corrected chi connectivity index (χ0v) is 12.3. The molecule has 3 rings (SSSR count). The number of aliphatic hydroxyl groups is 1. The van der Waals surface area contributed by atoms with Crippen molar-refractivity contribution in [3.8, 4) is 11.4 Å². The van der Waals surface area contributed by atoms with E-state index in [0.717, 1.165) is 5.56 Å². The van der Waals surface area contributed by atoms with Crippen LogP contribution in [0.25, 0.3) is 16.7 Å². The molecule has 0 aliphatic carbocycles. The number of aromatic hydroxyl groups is 1. The fourth-order valence-electron chi connectivity index (χ4n) is 2.38. The summed E-state index contributed by atoms with van der Waals surface area (Å²) in [7, 11) is 0. The van der Waals surface area contributed by atoms with Crippen LogP contribution in [0.4, 0.5) is 5.69 Å². The highest BCUT2D eigenvalue weighted by atomic mass is 16.6. The molecule has 8 heteroatoms. The van der Waals surface area contributed by atoms with Crippen molar-refractivity contribution < 1.29 is 15.1 Å². The predicted octanol–water partition coefficient (Wildman–Crippen LogP) is 1.88. The molecule has 0 radical (unpaired) electrons. The normalized spacial score (nSPS) is 11.0. The van der Waals surface area contributed by atoms with Crippen LogP contribution in [-0.4, -0.2) is 36.7 Å². The largest absolute Gasteiger partial charge is 0.505 e. The smallest absolute Gasteiger partial charge is 0.271 e. The van der Waals surface area contributed by atoms with E-state index in [0.29, 0.717) is 28.7 Å². The molecule has 3 aromatic rings. The first-order chi connectivity index (χ1) is 11.0. The van der Waals surface area contributed by atoms with Crippen molar-refractivity contribution in [2.45, 2.75) is 13.3 Å². The maximum Gasteiger partial charge on any atom is 0.271 e. The van der Waals surface area contributed by atoms with Gasteiger partial charge in [0.15, 0.2) is 0 Å². The zero-order chi connectivity index (χ0) is 16.6.